The molecule has 0 radical (unpaired) electrons. The maximum Gasteiger partial charge on any atom is 0.311 e. The third-order valence-electron chi connectivity index (χ3n) is 4.34. The van der Waals surface area contributed by atoms with Gasteiger partial charge in [-0.05, 0) is 37.1 Å². The molecule has 0 saturated carbocycles. The SMILES string of the molecule is CCOc1ccc2ccccc2c1COC(=O)[C@H]1CCO[C@@H]1C. The van der Waals surface area contributed by atoms with Crippen molar-refractivity contribution in [1.29, 1.82) is 0 Å². The fourth-order valence-electron chi connectivity index (χ4n) is 3.05. The van der Waals surface area contributed by atoms with Crippen LogP contribution in [0, 0.1) is 5.92 Å². The molecule has 2 aromatic carbocycles. The van der Waals surface area contributed by atoms with Crippen LogP contribution >= 0.6 is 0 Å². The smallest absolute Gasteiger partial charge is 0.311 e. The minimum Gasteiger partial charge on any atom is -0.493 e. The topological polar surface area (TPSA) is 44.8 Å². The van der Waals surface area contributed by atoms with Crippen LogP contribution < -0.4 is 4.74 Å². The van der Waals surface area contributed by atoms with Gasteiger partial charge in [0.2, 0.25) is 0 Å². The van der Waals surface area contributed by atoms with Gasteiger partial charge in [0.05, 0.1) is 18.6 Å². The molecule has 1 aliphatic rings. The van der Waals surface area contributed by atoms with Crippen LogP contribution in [-0.2, 0) is 20.9 Å². The van der Waals surface area contributed by atoms with E-state index in [1.54, 1.807) is 0 Å². The molecule has 23 heavy (non-hydrogen) atoms. The summed E-state index contributed by atoms with van der Waals surface area (Å²) in [6, 6.07) is 12.0. The van der Waals surface area contributed by atoms with E-state index in [-0.39, 0.29) is 24.6 Å². The molecule has 1 aliphatic heterocycles. The van der Waals surface area contributed by atoms with E-state index in [0.29, 0.717) is 13.2 Å². The lowest BCUT2D eigenvalue weighted by Crippen LogP contribution is -2.23. The second kappa shape index (κ2) is 7.01. The maximum atomic E-state index is 12.3. The van der Waals surface area contributed by atoms with Gasteiger partial charge in [0.15, 0.2) is 0 Å². The highest BCUT2D eigenvalue weighted by Crippen LogP contribution is 2.30. The summed E-state index contributed by atoms with van der Waals surface area (Å²) in [7, 11) is 0. The molecule has 1 fully saturated rings. The van der Waals surface area contributed by atoms with Gasteiger partial charge in [0.1, 0.15) is 12.4 Å². The molecule has 0 amide bonds. The lowest BCUT2D eigenvalue weighted by atomic mass is 10.0. The highest BCUT2D eigenvalue weighted by molar-refractivity contribution is 5.88. The highest BCUT2D eigenvalue weighted by atomic mass is 16.5. The molecule has 2 atom stereocenters. The minimum atomic E-state index is -0.189. The summed E-state index contributed by atoms with van der Waals surface area (Å²) in [4.78, 5) is 12.3. The van der Waals surface area contributed by atoms with E-state index in [9.17, 15) is 4.79 Å². The van der Waals surface area contributed by atoms with Crippen molar-refractivity contribution in [1.82, 2.24) is 0 Å². The summed E-state index contributed by atoms with van der Waals surface area (Å²) in [5, 5.41) is 2.17. The van der Waals surface area contributed by atoms with Gasteiger partial charge in [-0.25, -0.2) is 0 Å². The lowest BCUT2D eigenvalue weighted by Gasteiger charge is -2.16. The predicted molar refractivity (Wildman–Crippen MR) is 88.4 cm³/mol. The quantitative estimate of drug-likeness (QED) is 0.789. The van der Waals surface area contributed by atoms with Crippen molar-refractivity contribution in [3.8, 4) is 5.75 Å². The van der Waals surface area contributed by atoms with Crippen molar-refractivity contribution >= 4 is 16.7 Å². The molecule has 0 unspecified atom stereocenters. The van der Waals surface area contributed by atoms with Gasteiger partial charge in [0.25, 0.3) is 0 Å². The Bertz CT molecular complexity index is 695. The summed E-state index contributed by atoms with van der Waals surface area (Å²) >= 11 is 0. The second-order valence-electron chi connectivity index (χ2n) is 5.78. The van der Waals surface area contributed by atoms with Crippen molar-refractivity contribution < 1.29 is 19.0 Å². The summed E-state index contributed by atoms with van der Waals surface area (Å²) in [6.45, 7) is 5.29. The molecule has 0 aromatic heterocycles. The number of fused-ring (bicyclic) bond motifs is 1. The van der Waals surface area contributed by atoms with Crippen molar-refractivity contribution in [3.63, 3.8) is 0 Å². The summed E-state index contributed by atoms with van der Waals surface area (Å²) in [5.74, 6) is 0.417. The van der Waals surface area contributed by atoms with Gasteiger partial charge >= 0.3 is 5.97 Å². The zero-order valence-electron chi connectivity index (χ0n) is 13.6. The Labute approximate surface area is 136 Å². The zero-order valence-corrected chi connectivity index (χ0v) is 13.6. The summed E-state index contributed by atoms with van der Waals surface area (Å²) in [6.07, 6.45) is 0.662. The van der Waals surface area contributed by atoms with Crippen LogP contribution in [0.25, 0.3) is 10.8 Å². The van der Waals surface area contributed by atoms with E-state index >= 15 is 0 Å². The fraction of sp³-hybridized carbons (Fsp3) is 0.421. The van der Waals surface area contributed by atoms with Crippen LogP contribution in [-0.4, -0.2) is 25.3 Å². The Morgan fingerprint density at radius 1 is 1.26 bits per heavy atom. The van der Waals surface area contributed by atoms with Crippen molar-refractivity contribution in [2.45, 2.75) is 33.0 Å². The first kappa shape index (κ1) is 15.8. The van der Waals surface area contributed by atoms with E-state index in [0.717, 1.165) is 28.5 Å². The molecule has 1 saturated heterocycles. The molecular weight excluding hydrogens is 292 g/mol. The molecule has 4 heteroatoms. The molecular formula is C19H22O4. The van der Waals surface area contributed by atoms with E-state index in [2.05, 4.69) is 0 Å². The number of carbonyl (C=O) groups excluding carboxylic acids is 1. The first-order valence-electron chi connectivity index (χ1n) is 8.12. The third-order valence-corrected chi connectivity index (χ3v) is 4.34. The van der Waals surface area contributed by atoms with Gasteiger partial charge in [0, 0.05) is 12.2 Å². The molecule has 0 aliphatic carbocycles. The van der Waals surface area contributed by atoms with Gasteiger partial charge in [-0.1, -0.05) is 30.3 Å². The van der Waals surface area contributed by atoms with Gasteiger partial charge < -0.3 is 14.2 Å². The van der Waals surface area contributed by atoms with Gasteiger partial charge in [-0.3, -0.25) is 4.79 Å². The van der Waals surface area contributed by atoms with E-state index in [4.69, 9.17) is 14.2 Å². The second-order valence-corrected chi connectivity index (χ2v) is 5.78. The Morgan fingerprint density at radius 2 is 2.09 bits per heavy atom. The number of esters is 1. The monoisotopic (exact) mass is 314 g/mol. The Hall–Kier alpha value is -2.07. The Kier molecular flexibility index (Phi) is 4.82. The molecule has 4 nitrogen and oxygen atoms in total. The van der Waals surface area contributed by atoms with Crippen molar-refractivity contribution in [3.05, 3.63) is 42.0 Å². The molecule has 0 spiro atoms. The Balaban J connectivity index is 1.83. The number of carbonyl (C=O) groups is 1. The molecule has 0 N–H and O–H groups in total. The van der Waals surface area contributed by atoms with Crippen LogP contribution in [0.15, 0.2) is 36.4 Å². The summed E-state index contributed by atoms with van der Waals surface area (Å²) in [5.41, 5.74) is 0.921. The number of hydrogen-bond acceptors (Lipinski definition) is 4. The van der Waals surface area contributed by atoms with Crippen LogP contribution in [0.5, 0.6) is 5.75 Å². The third kappa shape index (κ3) is 3.32. The standard InChI is InChI=1S/C19H22O4/c1-3-21-18-9-8-14-6-4-5-7-16(14)17(18)12-23-19(20)15-10-11-22-13(15)2/h4-9,13,15H,3,10-12H2,1-2H3/t13-,15+/m1/s1. The first-order chi connectivity index (χ1) is 11.2. The molecule has 3 rings (SSSR count). The predicted octanol–water partition coefficient (Wildman–Crippen LogP) is 3.71. The lowest BCUT2D eigenvalue weighted by molar-refractivity contribution is -0.151. The van der Waals surface area contributed by atoms with E-state index < -0.39 is 0 Å². The molecule has 2 aromatic rings. The fourth-order valence-corrected chi connectivity index (χ4v) is 3.05. The van der Waals surface area contributed by atoms with Gasteiger partial charge in [-0.2, -0.15) is 0 Å². The number of ether oxygens (including phenoxy) is 3. The maximum absolute atomic E-state index is 12.3. The van der Waals surface area contributed by atoms with Crippen LogP contribution in [0.4, 0.5) is 0 Å². The van der Waals surface area contributed by atoms with Crippen LogP contribution in [0.1, 0.15) is 25.8 Å². The van der Waals surface area contributed by atoms with Crippen LogP contribution in [0.3, 0.4) is 0 Å². The average molecular weight is 314 g/mol. The molecule has 0 bridgehead atoms. The average Bonchev–Trinajstić information content (AvgIpc) is 3.00. The van der Waals surface area contributed by atoms with E-state index in [1.165, 1.54) is 0 Å². The minimum absolute atomic E-state index is 0.0682. The summed E-state index contributed by atoms with van der Waals surface area (Å²) < 4.78 is 16.7. The number of benzene rings is 2. The number of rotatable bonds is 5. The Morgan fingerprint density at radius 3 is 2.83 bits per heavy atom. The normalized spacial score (nSPS) is 20.6. The largest absolute Gasteiger partial charge is 0.493 e. The van der Waals surface area contributed by atoms with Crippen molar-refractivity contribution in [2.24, 2.45) is 5.92 Å². The van der Waals surface area contributed by atoms with Gasteiger partial charge in [-0.15, -0.1) is 0 Å². The zero-order chi connectivity index (χ0) is 16.2. The van der Waals surface area contributed by atoms with E-state index in [1.807, 2.05) is 50.2 Å². The van der Waals surface area contributed by atoms with Crippen LogP contribution in [0.2, 0.25) is 0 Å². The van der Waals surface area contributed by atoms with Crippen molar-refractivity contribution in [2.75, 3.05) is 13.2 Å². The highest BCUT2D eigenvalue weighted by Gasteiger charge is 2.32. The molecule has 122 valence electrons. The number of hydrogen-bond donors (Lipinski definition) is 0. The molecule has 1 heterocycles. The first-order valence-corrected chi connectivity index (χ1v) is 8.12.